The first kappa shape index (κ1) is 11.8. The number of aromatic nitrogens is 1. The van der Waals surface area contributed by atoms with Crippen molar-refractivity contribution >= 4 is 34.1 Å². The monoisotopic (exact) mass is 276 g/mol. The minimum atomic E-state index is -0.106. The summed E-state index contributed by atoms with van der Waals surface area (Å²) in [5.41, 5.74) is 4.16. The molecular weight excluding hydrogens is 264 g/mol. The van der Waals surface area contributed by atoms with Crippen LogP contribution in [0.15, 0.2) is 48.7 Å². The number of aromatic amines is 1. The van der Waals surface area contributed by atoms with Gasteiger partial charge in [0.2, 0.25) is 0 Å². The van der Waals surface area contributed by atoms with E-state index in [-0.39, 0.29) is 11.7 Å². The van der Waals surface area contributed by atoms with Crippen molar-refractivity contribution in [2.75, 3.05) is 5.32 Å². The van der Waals surface area contributed by atoms with Crippen molar-refractivity contribution in [3.05, 3.63) is 59.8 Å². The Morgan fingerprint density at radius 3 is 2.86 bits per heavy atom. The van der Waals surface area contributed by atoms with Crippen LogP contribution in [0, 0.1) is 0 Å². The van der Waals surface area contributed by atoms with Gasteiger partial charge in [0, 0.05) is 39.5 Å². The quantitative estimate of drug-likeness (QED) is 0.597. The van der Waals surface area contributed by atoms with Gasteiger partial charge in [0.25, 0.3) is 5.91 Å². The maximum Gasteiger partial charge on any atom is 0.256 e. The third-order valence-electron chi connectivity index (χ3n) is 3.71. The van der Waals surface area contributed by atoms with Crippen LogP contribution in [0.25, 0.3) is 22.6 Å². The molecule has 0 atom stereocenters. The molecule has 2 aromatic carbocycles. The number of carbonyl (C=O) groups excluding carboxylic acids is 1. The number of amides is 1. The summed E-state index contributed by atoms with van der Waals surface area (Å²) in [6.45, 7) is 0. The maximum absolute atomic E-state index is 12.1. The van der Waals surface area contributed by atoms with Crippen molar-refractivity contribution in [1.82, 2.24) is 4.98 Å². The van der Waals surface area contributed by atoms with Crippen LogP contribution < -0.4 is 5.32 Å². The van der Waals surface area contributed by atoms with E-state index in [2.05, 4.69) is 10.3 Å². The van der Waals surface area contributed by atoms with E-state index in [9.17, 15) is 9.90 Å². The number of nitrogens with one attached hydrogen (secondary N) is 2. The molecule has 0 unspecified atom stereocenters. The zero-order valence-electron chi connectivity index (χ0n) is 11.1. The molecule has 0 saturated heterocycles. The van der Waals surface area contributed by atoms with Crippen LogP contribution in [0.1, 0.15) is 11.1 Å². The second kappa shape index (κ2) is 4.24. The first-order chi connectivity index (χ1) is 10.2. The van der Waals surface area contributed by atoms with E-state index in [4.69, 9.17) is 0 Å². The van der Waals surface area contributed by atoms with Crippen LogP contribution in [0.4, 0.5) is 5.69 Å². The number of benzene rings is 2. The summed E-state index contributed by atoms with van der Waals surface area (Å²) in [6, 6.07) is 12.7. The normalized spacial score (nSPS) is 15.4. The zero-order chi connectivity index (χ0) is 14.4. The molecule has 4 heteroatoms. The third kappa shape index (κ3) is 1.80. The summed E-state index contributed by atoms with van der Waals surface area (Å²) in [7, 11) is 0. The predicted molar refractivity (Wildman–Crippen MR) is 82.9 cm³/mol. The van der Waals surface area contributed by atoms with Gasteiger partial charge in [0.05, 0.1) is 0 Å². The Kier molecular flexibility index (Phi) is 2.38. The van der Waals surface area contributed by atoms with Crippen LogP contribution >= 0.6 is 0 Å². The number of phenolic OH excluding ortho intramolecular Hbond substituents is 1. The third-order valence-corrected chi connectivity index (χ3v) is 3.71. The van der Waals surface area contributed by atoms with Gasteiger partial charge in [-0.05, 0) is 30.3 Å². The SMILES string of the molecule is O=C1Nc2ccccc2C1=Cc1c[nH]c2ccc(O)cc12. The number of hydrogen-bond acceptors (Lipinski definition) is 2. The molecule has 2 heterocycles. The Labute approximate surface area is 120 Å². The van der Waals surface area contributed by atoms with Crippen LogP contribution in [-0.2, 0) is 4.79 Å². The standard InChI is InChI=1S/C17H12N2O2/c20-11-5-6-15-13(8-11)10(9-18-15)7-14-12-3-1-2-4-16(12)19-17(14)21/h1-9,18,20H,(H,19,21). The van der Waals surface area contributed by atoms with Crippen LogP contribution in [0.3, 0.4) is 0 Å². The van der Waals surface area contributed by atoms with E-state index in [0.29, 0.717) is 5.57 Å². The van der Waals surface area contributed by atoms with Crippen molar-refractivity contribution in [2.24, 2.45) is 0 Å². The van der Waals surface area contributed by atoms with Crippen molar-refractivity contribution < 1.29 is 9.90 Å². The molecule has 0 radical (unpaired) electrons. The summed E-state index contributed by atoms with van der Waals surface area (Å²) in [5.74, 6) is 0.101. The smallest absolute Gasteiger partial charge is 0.256 e. The lowest BCUT2D eigenvalue weighted by atomic mass is 10.0. The minimum Gasteiger partial charge on any atom is -0.508 e. The average molecular weight is 276 g/mol. The lowest BCUT2D eigenvalue weighted by Gasteiger charge is -1.98. The number of anilines is 1. The first-order valence-corrected chi connectivity index (χ1v) is 6.65. The van der Waals surface area contributed by atoms with Gasteiger partial charge >= 0.3 is 0 Å². The van der Waals surface area contributed by atoms with Crippen LogP contribution in [0.5, 0.6) is 5.75 Å². The Balaban J connectivity index is 1.91. The van der Waals surface area contributed by atoms with E-state index in [0.717, 1.165) is 27.7 Å². The second-order valence-electron chi connectivity index (χ2n) is 5.03. The van der Waals surface area contributed by atoms with Gasteiger partial charge in [0.15, 0.2) is 0 Å². The molecule has 4 rings (SSSR count). The Hall–Kier alpha value is -3.01. The van der Waals surface area contributed by atoms with E-state index < -0.39 is 0 Å². The molecule has 3 N–H and O–H groups in total. The molecule has 0 aliphatic carbocycles. The molecule has 21 heavy (non-hydrogen) atoms. The molecular formula is C17H12N2O2. The summed E-state index contributed by atoms with van der Waals surface area (Å²) in [4.78, 5) is 15.3. The molecule has 0 saturated carbocycles. The number of carbonyl (C=O) groups is 1. The maximum atomic E-state index is 12.1. The van der Waals surface area contributed by atoms with Crippen LogP contribution in [-0.4, -0.2) is 16.0 Å². The number of hydrogen-bond donors (Lipinski definition) is 3. The Bertz CT molecular complexity index is 906. The van der Waals surface area contributed by atoms with Gasteiger partial charge in [-0.25, -0.2) is 0 Å². The fourth-order valence-corrected chi connectivity index (χ4v) is 2.69. The molecule has 102 valence electrons. The van der Waals surface area contributed by atoms with Crippen molar-refractivity contribution in [3.63, 3.8) is 0 Å². The Morgan fingerprint density at radius 2 is 1.95 bits per heavy atom. The largest absolute Gasteiger partial charge is 0.508 e. The van der Waals surface area contributed by atoms with Gasteiger partial charge in [-0.1, -0.05) is 18.2 Å². The van der Waals surface area contributed by atoms with Crippen molar-refractivity contribution in [1.29, 1.82) is 0 Å². The van der Waals surface area contributed by atoms with E-state index in [1.54, 1.807) is 12.1 Å². The number of fused-ring (bicyclic) bond motifs is 2. The fraction of sp³-hybridized carbons (Fsp3) is 0. The van der Waals surface area contributed by atoms with Crippen molar-refractivity contribution in [3.8, 4) is 5.75 Å². The summed E-state index contributed by atoms with van der Waals surface area (Å²) < 4.78 is 0. The summed E-state index contributed by atoms with van der Waals surface area (Å²) in [6.07, 6.45) is 3.69. The number of phenols is 1. The Morgan fingerprint density at radius 1 is 1.10 bits per heavy atom. The average Bonchev–Trinajstić information content (AvgIpc) is 3.01. The molecule has 4 nitrogen and oxygen atoms in total. The fourth-order valence-electron chi connectivity index (χ4n) is 2.69. The van der Waals surface area contributed by atoms with Gasteiger partial charge < -0.3 is 15.4 Å². The predicted octanol–water partition coefficient (Wildman–Crippen LogP) is 3.37. The highest BCUT2D eigenvalue weighted by atomic mass is 16.3. The van der Waals surface area contributed by atoms with E-state index in [1.807, 2.05) is 42.6 Å². The van der Waals surface area contributed by atoms with Gasteiger partial charge in [-0.3, -0.25) is 4.79 Å². The molecule has 0 bridgehead atoms. The van der Waals surface area contributed by atoms with E-state index >= 15 is 0 Å². The zero-order valence-corrected chi connectivity index (χ0v) is 11.1. The molecule has 1 amide bonds. The van der Waals surface area contributed by atoms with Gasteiger partial charge in [0.1, 0.15) is 5.75 Å². The lowest BCUT2D eigenvalue weighted by Crippen LogP contribution is -2.03. The number of H-pyrrole nitrogens is 1. The first-order valence-electron chi connectivity index (χ1n) is 6.65. The van der Waals surface area contributed by atoms with Gasteiger partial charge in [-0.15, -0.1) is 0 Å². The number of rotatable bonds is 1. The molecule has 0 fully saturated rings. The molecule has 3 aromatic rings. The summed E-state index contributed by atoms with van der Waals surface area (Å²) >= 11 is 0. The second-order valence-corrected chi connectivity index (χ2v) is 5.03. The van der Waals surface area contributed by atoms with Crippen molar-refractivity contribution in [2.45, 2.75) is 0 Å². The minimum absolute atomic E-state index is 0.106. The lowest BCUT2D eigenvalue weighted by molar-refractivity contribution is -0.110. The number of para-hydroxylation sites is 1. The molecule has 1 aliphatic rings. The summed E-state index contributed by atoms with van der Waals surface area (Å²) in [5, 5.41) is 13.4. The molecule has 1 aliphatic heterocycles. The highest BCUT2D eigenvalue weighted by molar-refractivity contribution is 6.35. The van der Waals surface area contributed by atoms with Crippen LogP contribution in [0.2, 0.25) is 0 Å². The molecule has 0 spiro atoms. The van der Waals surface area contributed by atoms with E-state index in [1.165, 1.54) is 0 Å². The number of aromatic hydroxyl groups is 1. The highest BCUT2D eigenvalue weighted by Crippen LogP contribution is 2.34. The topological polar surface area (TPSA) is 65.1 Å². The van der Waals surface area contributed by atoms with Gasteiger partial charge in [-0.2, -0.15) is 0 Å². The molecule has 1 aromatic heterocycles. The highest BCUT2D eigenvalue weighted by Gasteiger charge is 2.23.